The smallest absolute Gasteiger partial charge is 0.326 e. The number of carboxylic acid groups (broad SMARTS) is 1. The maximum Gasteiger partial charge on any atom is 0.326 e. The Morgan fingerprint density at radius 1 is 1.47 bits per heavy atom. The van der Waals surface area contributed by atoms with Crippen LogP contribution in [0.1, 0.15) is 20.3 Å². The van der Waals surface area contributed by atoms with Gasteiger partial charge in [0.05, 0.1) is 12.7 Å². The van der Waals surface area contributed by atoms with Gasteiger partial charge in [0, 0.05) is 32.7 Å². The summed E-state index contributed by atoms with van der Waals surface area (Å²) in [7, 11) is 1.54. The summed E-state index contributed by atoms with van der Waals surface area (Å²) in [6, 6.07) is -1.38. The quantitative estimate of drug-likeness (QED) is 0.735. The fourth-order valence-corrected chi connectivity index (χ4v) is 2.19. The summed E-state index contributed by atoms with van der Waals surface area (Å²) < 4.78 is 4.95. The van der Waals surface area contributed by atoms with Gasteiger partial charge in [-0.25, -0.2) is 9.59 Å². The minimum Gasteiger partial charge on any atom is -0.480 e. The maximum atomic E-state index is 12.4. The zero-order valence-corrected chi connectivity index (χ0v) is 11.6. The lowest BCUT2D eigenvalue weighted by Gasteiger charge is -2.32. The lowest BCUT2D eigenvalue weighted by molar-refractivity contribution is -0.141. The number of methoxy groups -OCH3 is 1. The predicted octanol–water partition coefficient (Wildman–Crippen LogP) is -0.0170. The lowest BCUT2D eigenvalue weighted by Crippen LogP contribution is -2.51. The van der Waals surface area contributed by atoms with E-state index >= 15 is 0 Å². The van der Waals surface area contributed by atoms with E-state index in [2.05, 4.69) is 0 Å². The third-order valence-corrected chi connectivity index (χ3v) is 3.22. The first-order valence-corrected chi connectivity index (χ1v) is 6.35. The molecule has 2 amide bonds. The first kappa shape index (κ1) is 15.7. The molecule has 1 rings (SSSR count). The number of rotatable bonds is 5. The first-order valence-electron chi connectivity index (χ1n) is 6.35. The molecule has 1 aliphatic heterocycles. The normalized spacial score (nSPS) is 22.9. The fraction of sp³-hybridized carbons (Fsp3) is 0.833. The molecule has 110 valence electrons. The van der Waals surface area contributed by atoms with E-state index in [0.717, 1.165) is 0 Å². The molecular formula is C12H22N2O5. The molecule has 1 heterocycles. The highest BCUT2D eigenvalue weighted by molar-refractivity contribution is 5.83. The van der Waals surface area contributed by atoms with Gasteiger partial charge in [0.15, 0.2) is 0 Å². The van der Waals surface area contributed by atoms with Gasteiger partial charge in [0.1, 0.15) is 6.04 Å². The van der Waals surface area contributed by atoms with Crippen LogP contribution in [0.2, 0.25) is 0 Å². The van der Waals surface area contributed by atoms with Gasteiger partial charge in [0.25, 0.3) is 0 Å². The zero-order chi connectivity index (χ0) is 14.6. The van der Waals surface area contributed by atoms with Crippen molar-refractivity contribution in [3.63, 3.8) is 0 Å². The van der Waals surface area contributed by atoms with Crippen molar-refractivity contribution in [3.05, 3.63) is 0 Å². The Labute approximate surface area is 112 Å². The van der Waals surface area contributed by atoms with Crippen LogP contribution in [0, 0.1) is 0 Å². The molecule has 2 unspecified atom stereocenters. The summed E-state index contributed by atoms with van der Waals surface area (Å²) in [5.74, 6) is -1.08. The molecule has 1 fully saturated rings. The average Bonchev–Trinajstić information content (AvgIpc) is 2.71. The second kappa shape index (κ2) is 6.72. The van der Waals surface area contributed by atoms with Gasteiger partial charge in [-0.2, -0.15) is 0 Å². The van der Waals surface area contributed by atoms with E-state index in [1.54, 1.807) is 12.0 Å². The van der Waals surface area contributed by atoms with Crippen LogP contribution in [0.3, 0.4) is 0 Å². The Bertz CT molecular complexity index is 334. The number of urea groups is 1. The van der Waals surface area contributed by atoms with E-state index in [1.807, 2.05) is 13.8 Å². The number of hydrogen-bond acceptors (Lipinski definition) is 4. The van der Waals surface area contributed by atoms with Crippen LogP contribution >= 0.6 is 0 Å². The van der Waals surface area contributed by atoms with E-state index in [0.29, 0.717) is 13.2 Å². The molecule has 19 heavy (non-hydrogen) atoms. The third-order valence-electron chi connectivity index (χ3n) is 3.22. The van der Waals surface area contributed by atoms with Gasteiger partial charge in [0.2, 0.25) is 0 Å². The SMILES string of the molecule is COCCN(C(=O)N1CC(O)CC1C(=O)O)C(C)C. The first-order chi connectivity index (χ1) is 8.88. The summed E-state index contributed by atoms with van der Waals surface area (Å²) in [5, 5.41) is 18.7. The largest absolute Gasteiger partial charge is 0.480 e. The van der Waals surface area contributed by atoms with Gasteiger partial charge in [-0.1, -0.05) is 0 Å². The predicted molar refractivity (Wildman–Crippen MR) is 67.9 cm³/mol. The number of likely N-dealkylation sites (tertiary alicyclic amines) is 1. The molecule has 7 nitrogen and oxygen atoms in total. The summed E-state index contributed by atoms with van der Waals surface area (Å²) in [4.78, 5) is 26.3. The molecule has 0 aliphatic carbocycles. The number of ether oxygens (including phenoxy) is 1. The van der Waals surface area contributed by atoms with E-state index in [1.165, 1.54) is 4.90 Å². The van der Waals surface area contributed by atoms with Gasteiger partial charge < -0.3 is 24.7 Å². The van der Waals surface area contributed by atoms with E-state index in [-0.39, 0.29) is 25.0 Å². The van der Waals surface area contributed by atoms with Crippen molar-refractivity contribution in [1.82, 2.24) is 9.80 Å². The Morgan fingerprint density at radius 2 is 2.11 bits per heavy atom. The number of nitrogens with zero attached hydrogens (tertiary/aromatic N) is 2. The minimum absolute atomic E-state index is 0.0603. The summed E-state index contributed by atoms with van der Waals surface area (Å²) in [6.07, 6.45) is -0.696. The molecule has 0 spiro atoms. The summed E-state index contributed by atoms with van der Waals surface area (Å²) in [6.45, 7) is 4.56. The summed E-state index contributed by atoms with van der Waals surface area (Å²) in [5.41, 5.74) is 0. The number of hydrogen-bond donors (Lipinski definition) is 2. The second-order valence-electron chi connectivity index (χ2n) is 4.96. The van der Waals surface area contributed by atoms with Gasteiger partial charge in [-0.15, -0.1) is 0 Å². The van der Waals surface area contributed by atoms with Gasteiger partial charge in [-0.05, 0) is 13.8 Å². The van der Waals surface area contributed by atoms with Crippen molar-refractivity contribution >= 4 is 12.0 Å². The van der Waals surface area contributed by atoms with Crippen LogP contribution in [-0.4, -0.2) is 77.0 Å². The van der Waals surface area contributed by atoms with E-state index < -0.39 is 18.1 Å². The van der Waals surface area contributed by atoms with Gasteiger partial charge in [-0.3, -0.25) is 0 Å². The molecule has 0 saturated carbocycles. The van der Waals surface area contributed by atoms with Crippen molar-refractivity contribution in [2.24, 2.45) is 0 Å². The number of carbonyl (C=O) groups excluding carboxylic acids is 1. The van der Waals surface area contributed by atoms with Crippen LogP contribution in [-0.2, 0) is 9.53 Å². The second-order valence-corrected chi connectivity index (χ2v) is 4.96. The van der Waals surface area contributed by atoms with Crippen LogP contribution in [0.4, 0.5) is 4.79 Å². The summed E-state index contributed by atoms with van der Waals surface area (Å²) >= 11 is 0. The number of amides is 2. The number of carboxylic acids is 1. The van der Waals surface area contributed by atoms with Gasteiger partial charge >= 0.3 is 12.0 Å². The van der Waals surface area contributed by atoms with Crippen LogP contribution in [0.25, 0.3) is 0 Å². The van der Waals surface area contributed by atoms with Crippen molar-refractivity contribution in [3.8, 4) is 0 Å². The molecule has 0 radical (unpaired) electrons. The van der Waals surface area contributed by atoms with Crippen LogP contribution in [0.5, 0.6) is 0 Å². The molecule has 2 atom stereocenters. The highest BCUT2D eigenvalue weighted by atomic mass is 16.5. The fourth-order valence-electron chi connectivity index (χ4n) is 2.19. The lowest BCUT2D eigenvalue weighted by atomic mass is 10.2. The van der Waals surface area contributed by atoms with Crippen molar-refractivity contribution in [1.29, 1.82) is 0 Å². The molecule has 7 heteroatoms. The van der Waals surface area contributed by atoms with Crippen molar-refractivity contribution in [2.45, 2.75) is 38.5 Å². The topological polar surface area (TPSA) is 90.3 Å². The van der Waals surface area contributed by atoms with E-state index in [4.69, 9.17) is 9.84 Å². The number of β-amino-alcohol motifs (C(OH)–C–C–N with tert-alkyl or cyclic N) is 1. The zero-order valence-electron chi connectivity index (χ0n) is 11.6. The highest BCUT2D eigenvalue weighted by Crippen LogP contribution is 2.20. The molecule has 0 aromatic heterocycles. The monoisotopic (exact) mass is 274 g/mol. The minimum atomic E-state index is -1.08. The van der Waals surface area contributed by atoms with E-state index in [9.17, 15) is 14.7 Å². The number of aliphatic carboxylic acids is 1. The molecule has 0 aromatic rings. The number of aliphatic hydroxyl groups excluding tert-OH is 1. The Kier molecular flexibility index (Phi) is 5.56. The average molecular weight is 274 g/mol. The maximum absolute atomic E-state index is 12.4. The van der Waals surface area contributed by atoms with Crippen LogP contribution in [0.15, 0.2) is 0 Å². The molecule has 1 saturated heterocycles. The number of carbonyl (C=O) groups is 2. The van der Waals surface area contributed by atoms with Crippen molar-refractivity contribution < 1.29 is 24.5 Å². The highest BCUT2D eigenvalue weighted by Gasteiger charge is 2.40. The van der Waals surface area contributed by atoms with Crippen LogP contribution < -0.4 is 0 Å². The van der Waals surface area contributed by atoms with Crippen molar-refractivity contribution in [2.75, 3.05) is 26.8 Å². The molecule has 2 N–H and O–H groups in total. The molecule has 1 aliphatic rings. The third kappa shape index (κ3) is 3.81. The number of aliphatic hydroxyl groups is 1. The Morgan fingerprint density at radius 3 is 2.58 bits per heavy atom. The Balaban J connectivity index is 2.80. The molecule has 0 bridgehead atoms. The standard InChI is InChI=1S/C12H22N2O5/c1-8(2)13(4-5-19-3)12(18)14-7-9(15)6-10(14)11(16)17/h8-10,15H,4-7H2,1-3H3,(H,16,17). The Hall–Kier alpha value is -1.34. The molecular weight excluding hydrogens is 252 g/mol. The molecule has 0 aromatic carbocycles.